The molecule has 0 amide bonds. The Balaban J connectivity index is 2.18. The van der Waals surface area contributed by atoms with Crippen molar-refractivity contribution in [3.05, 3.63) is 11.6 Å². The number of fused-ring (bicyclic) bond motifs is 1. The van der Waals surface area contributed by atoms with Gasteiger partial charge in [-0.25, -0.2) is 0 Å². The summed E-state index contributed by atoms with van der Waals surface area (Å²) in [4.78, 5) is 10.9. The lowest BCUT2D eigenvalue weighted by Crippen LogP contribution is -2.50. The second-order valence-electron chi connectivity index (χ2n) is 8.62. The van der Waals surface area contributed by atoms with Gasteiger partial charge >= 0.3 is 5.97 Å². The highest BCUT2D eigenvalue weighted by Crippen LogP contribution is 2.61. The van der Waals surface area contributed by atoms with Gasteiger partial charge in [-0.05, 0) is 72.7 Å². The first-order valence-electron chi connectivity index (χ1n) is 9.26. The molecule has 2 rings (SSSR count). The largest absolute Gasteiger partial charge is 0.481 e. The standard InChI is InChI=1S/C20H34O3/c1-14(12-18(22)23)8-10-19(3)15(2)9-11-20(4)16(13-21)6-5-7-17(19)20/h6,14-15,17,21H,5,7-13H2,1-4H3,(H,22,23). The van der Waals surface area contributed by atoms with Crippen molar-refractivity contribution in [2.45, 2.75) is 72.6 Å². The minimum Gasteiger partial charge on any atom is -0.481 e. The Morgan fingerprint density at radius 3 is 2.70 bits per heavy atom. The Kier molecular flexibility index (Phi) is 5.60. The van der Waals surface area contributed by atoms with Crippen molar-refractivity contribution in [2.75, 3.05) is 6.61 Å². The third-order valence-corrected chi connectivity index (χ3v) is 7.24. The maximum atomic E-state index is 10.9. The van der Waals surface area contributed by atoms with E-state index in [0.29, 0.717) is 11.8 Å². The second kappa shape index (κ2) is 6.96. The molecule has 5 unspecified atom stereocenters. The van der Waals surface area contributed by atoms with Gasteiger partial charge in [0.15, 0.2) is 0 Å². The van der Waals surface area contributed by atoms with Crippen molar-refractivity contribution in [1.29, 1.82) is 0 Å². The Labute approximate surface area is 141 Å². The summed E-state index contributed by atoms with van der Waals surface area (Å²) < 4.78 is 0. The number of carboxylic acid groups (broad SMARTS) is 1. The highest BCUT2D eigenvalue weighted by molar-refractivity contribution is 5.66. The zero-order valence-corrected chi connectivity index (χ0v) is 15.3. The lowest BCUT2D eigenvalue weighted by atomic mass is 9.46. The molecular weight excluding hydrogens is 288 g/mol. The molecule has 0 aromatic carbocycles. The molecule has 2 N–H and O–H groups in total. The number of aliphatic carboxylic acids is 1. The quantitative estimate of drug-likeness (QED) is 0.700. The van der Waals surface area contributed by atoms with Crippen LogP contribution in [0.25, 0.3) is 0 Å². The summed E-state index contributed by atoms with van der Waals surface area (Å²) in [6, 6.07) is 0. The van der Waals surface area contributed by atoms with Gasteiger partial charge in [0.25, 0.3) is 0 Å². The van der Waals surface area contributed by atoms with Gasteiger partial charge < -0.3 is 10.2 Å². The van der Waals surface area contributed by atoms with Crippen LogP contribution in [-0.2, 0) is 4.79 Å². The topological polar surface area (TPSA) is 57.5 Å². The fourth-order valence-corrected chi connectivity index (χ4v) is 5.40. The predicted octanol–water partition coefficient (Wildman–Crippen LogP) is 4.65. The molecule has 0 heterocycles. The van der Waals surface area contributed by atoms with Gasteiger partial charge in [0.05, 0.1) is 6.61 Å². The maximum absolute atomic E-state index is 10.9. The van der Waals surface area contributed by atoms with Crippen LogP contribution in [-0.4, -0.2) is 22.8 Å². The summed E-state index contributed by atoms with van der Waals surface area (Å²) in [5, 5.41) is 18.8. The lowest BCUT2D eigenvalue weighted by Gasteiger charge is -2.58. The molecule has 23 heavy (non-hydrogen) atoms. The van der Waals surface area contributed by atoms with Crippen LogP contribution in [0, 0.1) is 28.6 Å². The number of hydrogen-bond donors (Lipinski definition) is 2. The van der Waals surface area contributed by atoms with Gasteiger partial charge in [-0.1, -0.05) is 33.8 Å². The van der Waals surface area contributed by atoms with Crippen LogP contribution in [0.2, 0.25) is 0 Å². The van der Waals surface area contributed by atoms with Crippen LogP contribution in [0.5, 0.6) is 0 Å². The summed E-state index contributed by atoms with van der Waals surface area (Å²) in [5.41, 5.74) is 1.61. The van der Waals surface area contributed by atoms with Gasteiger partial charge in [0, 0.05) is 6.42 Å². The number of rotatable bonds is 6. The van der Waals surface area contributed by atoms with Crippen molar-refractivity contribution in [3.8, 4) is 0 Å². The molecule has 0 aromatic heterocycles. The number of aliphatic hydroxyl groups excluding tert-OH is 1. The van der Waals surface area contributed by atoms with E-state index in [-0.39, 0.29) is 29.8 Å². The van der Waals surface area contributed by atoms with Crippen molar-refractivity contribution in [1.82, 2.24) is 0 Å². The number of allylic oxidation sites excluding steroid dienone is 1. The molecule has 1 saturated carbocycles. The summed E-state index contributed by atoms with van der Waals surface area (Å²) >= 11 is 0. The van der Waals surface area contributed by atoms with Crippen LogP contribution < -0.4 is 0 Å². The minimum absolute atomic E-state index is 0.129. The monoisotopic (exact) mass is 322 g/mol. The number of hydrogen-bond acceptors (Lipinski definition) is 2. The number of carboxylic acids is 1. The Morgan fingerprint density at radius 2 is 2.09 bits per heavy atom. The van der Waals surface area contributed by atoms with Crippen molar-refractivity contribution < 1.29 is 15.0 Å². The van der Waals surface area contributed by atoms with Gasteiger partial charge in [-0.3, -0.25) is 4.79 Å². The molecule has 0 saturated heterocycles. The van der Waals surface area contributed by atoms with Gasteiger partial charge in [0.2, 0.25) is 0 Å². The fourth-order valence-electron chi connectivity index (χ4n) is 5.40. The van der Waals surface area contributed by atoms with Gasteiger partial charge in [-0.15, -0.1) is 0 Å². The van der Waals surface area contributed by atoms with Crippen LogP contribution in [0.3, 0.4) is 0 Å². The maximum Gasteiger partial charge on any atom is 0.303 e. The van der Waals surface area contributed by atoms with Crippen LogP contribution in [0.4, 0.5) is 0 Å². The normalized spacial score (nSPS) is 38.6. The molecule has 0 aromatic rings. The molecule has 2 aliphatic carbocycles. The first-order chi connectivity index (χ1) is 10.7. The summed E-state index contributed by atoms with van der Waals surface area (Å²) in [5.74, 6) is 0.812. The number of carbonyl (C=O) groups is 1. The van der Waals surface area contributed by atoms with E-state index in [1.165, 1.54) is 24.8 Å². The number of aliphatic hydroxyl groups is 1. The van der Waals surface area contributed by atoms with E-state index in [1.54, 1.807) is 0 Å². The molecule has 2 aliphatic rings. The van der Waals surface area contributed by atoms with Gasteiger partial charge in [0.1, 0.15) is 0 Å². The van der Waals surface area contributed by atoms with E-state index in [0.717, 1.165) is 19.3 Å². The van der Waals surface area contributed by atoms with Gasteiger partial charge in [-0.2, -0.15) is 0 Å². The molecule has 3 heteroatoms. The van der Waals surface area contributed by atoms with Crippen molar-refractivity contribution >= 4 is 5.97 Å². The molecule has 0 spiro atoms. The molecule has 0 aliphatic heterocycles. The first kappa shape index (κ1) is 18.5. The van der Waals surface area contributed by atoms with Crippen molar-refractivity contribution in [3.63, 3.8) is 0 Å². The molecule has 132 valence electrons. The molecular formula is C20H34O3. The molecule has 0 radical (unpaired) electrons. The molecule has 5 atom stereocenters. The van der Waals surface area contributed by atoms with Crippen LogP contribution in [0.1, 0.15) is 72.6 Å². The third-order valence-electron chi connectivity index (χ3n) is 7.24. The Bertz CT molecular complexity index is 470. The van der Waals surface area contributed by atoms with E-state index in [2.05, 4.69) is 33.8 Å². The molecule has 3 nitrogen and oxygen atoms in total. The highest BCUT2D eigenvalue weighted by atomic mass is 16.4. The van der Waals surface area contributed by atoms with Crippen molar-refractivity contribution in [2.24, 2.45) is 28.6 Å². The smallest absolute Gasteiger partial charge is 0.303 e. The predicted molar refractivity (Wildman–Crippen MR) is 93.2 cm³/mol. The Morgan fingerprint density at radius 1 is 1.39 bits per heavy atom. The zero-order chi connectivity index (χ0) is 17.3. The van der Waals surface area contributed by atoms with E-state index >= 15 is 0 Å². The second-order valence-corrected chi connectivity index (χ2v) is 8.62. The average molecular weight is 322 g/mol. The average Bonchev–Trinajstić information content (AvgIpc) is 2.48. The summed E-state index contributed by atoms with van der Waals surface area (Å²) in [6.45, 7) is 9.40. The first-order valence-corrected chi connectivity index (χ1v) is 9.26. The SMILES string of the molecule is CC(CCC1(C)C(C)CCC2(C)C(CO)=CCCC21)CC(=O)O. The Hall–Kier alpha value is -0.830. The molecule has 1 fully saturated rings. The van der Waals surface area contributed by atoms with E-state index < -0.39 is 5.97 Å². The van der Waals surface area contributed by atoms with E-state index in [1.807, 2.05) is 0 Å². The highest BCUT2D eigenvalue weighted by Gasteiger charge is 2.53. The summed E-state index contributed by atoms with van der Waals surface area (Å²) in [7, 11) is 0. The fraction of sp³-hybridized carbons (Fsp3) is 0.850. The van der Waals surface area contributed by atoms with Crippen LogP contribution >= 0.6 is 0 Å². The third kappa shape index (κ3) is 3.50. The zero-order valence-electron chi connectivity index (χ0n) is 15.3. The minimum atomic E-state index is -0.688. The van der Waals surface area contributed by atoms with Crippen LogP contribution in [0.15, 0.2) is 11.6 Å². The molecule has 0 bridgehead atoms. The van der Waals surface area contributed by atoms with E-state index in [9.17, 15) is 9.90 Å². The lowest BCUT2D eigenvalue weighted by molar-refractivity contribution is -0.138. The van der Waals surface area contributed by atoms with E-state index in [4.69, 9.17) is 5.11 Å². The summed E-state index contributed by atoms with van der Waals surface area (Å²) in [6.07, 6.45) is 9.27.